The fraction of sp³-hybridized carbons (Fsp3) is 0.583. The summed E-state index contributed by atoms with van der Waals surface area (Å²) in [5, 5.41) is 1.51. The molecule has 2 heteroatoms. The molecule has 1 aromatic carbocycles. The Kier molecular flexibility index (Phi) is 5.54. The summed E-state index contributed by atoms with van der Waals surface area (Å²) in [7, 11) is -1.36. The topological polar surface area (TPSA) is 3.24 Å². The van der Waals surface area contributed by atoms with Crippen LogP contribution >= 0.6 is 0 Å². The van der Waals surface area contributed by atoms with Crippen molar-refractivity contribution in [3.05, 3.63) is 54.1 Å². The van der Waals surface area contributed by atoms with Gasteiger partial charge >= 0.3 is 0 Å². The van der Waals surface area contributed by atoms with Gasteiger partial charge in [0.2, 0.25) is 0 Å². The lowest BCUT2D eigenvalue weighted by atomic mass is 9.72. The second kappa shape index (κ2) is 6.80. The third-order valence-electron chi connectivity index (χ3n) is 5.75. The first-order chi connectivity index (χ1) is 11.7. The van der Waals surface area contributed by atoms with Crippen molar-refractivity contribution < 1.29 is 0 Å². The van der Waals surface area contributed by atoms with Gasteiger partial charge in [-0.3, -0.25) is 0 Å². The maximum Gasteiger partial charge on any atom is 0.142 e. The van der Waals surface area contributed by atoms with E-state index in [-0.39, 0.29) is 21.9 Å². The Bertz CT molecular complexity index is 680. The Morgan fingerprint density at radius 3 is 1.77 bits per heavy atom. The summed E-state index contributed by atoms with van der Waals surface area (Å²) in [6.45, 7) is 23.8. The van der Waals surface area contributed by atoms with E-state index in [0.717, 1.165) is 0 Å². The van der Waals surface area contributed by atoms with Gasteiger partial charge in [-0.15, -0.1) is 0 Å². The molecule has 0 amide bonds. The second-order valence-corrected chi connectivity index (χ2v) is 13.4. The van der Waals surface area contributed by atoms with Crippen LogP contribution in [-0.2, 0) is 0 Å². The third-order valence-corrected chi connectivity index (χ3v) is 9.08. The number of hydrogen-bond donors (Lipinski definition) is 0. The van der Waals surface area contributed by atoms with Gasteiger partial charge in [-0.25, -0.2) is 0 Å². The van der Waals surface area contributed by atoms with E-state index in [1.165, 1.54) is 10.8 Å². The molecule has 2 unspecified atom stereocenters. The fourth-order valence-corrected chi connectivity index (χ4v) is 7.76. The quantitative estimate of drug-likeness (QED) is 0.620. The Hall–Kier alpha value is -1.12. The SMILES string of the molecule is C[SiH](c1ccccc1)N(C(C)(C)C)C1(C(C)(C)C)C=CC(C(C)(C)C)=C1. The Labute approximate surface area is 163 Å². The number of nitrogens with zero attached hydrogens (tertiary/aromatic N) is 1. The van der Waals surface area contributed by atoms with E-state index in [2.05, 4.69) is 122 Å². The standard InChI is InChI=1S/C24H39NSi/c1-21(2,3)19-16-17-24(18-19,22(4,5)6)25(23(7,8)9)26(10)20-14-12-11-13-15-20/h11-18,26H,1-10H3. The van der Waals surface area contributed by atoms with Gasteiger partial charge < -0.3 is 4.57 Å². The molecule has 2 rings (SSSR count). The van der Waals surface area contributed by atoms with Crippen LogP contribution in [0.25, 0.3) is 0 Å². The van der Waals surface area contributed by atoms with Crippen molar-refractivity contribution in [2.24, 2.45) is 10.8 Å². The molecule has 0 saturated heterocycles. The number of hydrogen-bond acceptors (Lipinski definition) is 1. The molecule has 0 fully saturated rings. The zero-order valence-corrected chi connectivity index (χ0v) is 19.8. The average Bonchev–Trinajstić information content (AvgIpc) is 2.92. The largest absolute Gasteiger partial charge is 0.305 e. The first-order valence-electron chi connectivity index (χ1n) is 9.97. The Morgan fingerprint density at radius 1 is 0.846 bits per heavy atom. The predicted octanol–water partition coefficient (Wildman–Crippen LogP) is 5.67. The first-order valence-corrected chi connectivity index (χ1v) is 12.2. The van der Waals surface area contributed by atoms with Crippen LogP contribution in [-0.4, -0.2) is 24.6 Å². The van der Waals surface area contributed by atoms with Gasteiger partial charge in [0.1, 0.15) is 8.96 Å². The van der Waals surface area contributed by atoms with E-state index in [1.807, 2.05) is 0 Å². The number of rotatable bonds is 3. The van der Waals surface area contributed by atoms with Gasteiger partial charge in [0.25, 0.3) is 0 Å². The first kappa shape index (κ1) is 21.2. The van der Waals surface area contributed by atoms with Gasteiger partial charge in [-0.2, -0.15) is 0 Å². The van der Waals surface area contributed by atoms with Gasteiger partial charge in [0.15, 0.2) is 0 Å². The Morgan fingerprint density at radius 2 is 1.38 bits per heavy atom. The van der Waals surface area contributed by atoms with E-state index < -0.39 is 8.96 Å². The molecule has 0 aliphatic heterocycles. The third kappa shape index (κ3) is 3.92. The molecule has 26 heavy (non-hydrogen) atoms. The predicted molar refractivity (Wildman–Crippen MR) is 120 cm³/mol. The van der Waals surface area contributed by atoms with E-state index in [0.29, 0.717) is 0 Å². The maximum absolute atomic E-state index is 2.85. The van der Waals surface area contributed by atoms with E-state index in [9.17, 15) is 0 Å². The van der Waals surface area contributed by atoms with Crippen LogP contribution in [0.3, 0.4) is 0 Å². The summed E-state index contributed by atoms with van der Waals surface area (Å²) >= 11 is 0. The lowest BCUT2D eigenvalue weighted by Crippen LogP contribution is -2.68. The zero-order valence-electron chi connectivity index (χ0n) is 18.6. The van der Waals surface area contributed by atoms with E-state index in [1.54, 1.807) is 0 Å². The molecule has 1 aliphatic rings. The molecule has 0 bridgehead atoms. The minimum Gasteiger partial charge on any atom is -0.305 e. The summed E-state index contributed by atoms with van der Waals surface area (Å²) in [6.07, 6.45) is 7.45. The second-order valence-electron chi connectivity index (χ2n) is 10.9. The molecule has 0 heterocycles. The van der Waals surface area contributed by atoms with E-state index >= 15 is 0 Å². The highest BCUT2D eigenvalue weighted by Gasteiger charge is 2.51. The van der Waals surface area contributed by atoms with Gasteiger partial charge in [0.05, 0.1) is 5.54 Å². The molecule has 0 radical (unpaired) electrons. The van der Waals surface area contributed by atoms with Crippen LogP contribution in [0.1, 0.15) is 62.3 Å². The normalized spacial score (nSPS) is 22.7. The van der Waals surface area contributed by atoms with Gasteiger partial charge in [-0.05, 0) is 42.4 Å². The Balaban J connectivity index is 2.68. The summed E-state index contributed by atoms with van der Waals surface area (Å²) in [6, 6.07) is 11.1. The molecule has 1 aliphatic carbocycles. The van der Waals surface area contributed by atoms with Gasteiger partial charge in [-0.1, -0.05) is 96.6 Å². The zero-order chi connectivity index (χ0) is 20.0. The van der Waals surface area contributed by atoms with Crippen molar-refractivity contribution >= 4 is 14.1 Å². The lowest BCUT2D eigenvalue weighted by molar-refractivity contribution is 0.0762. The smallest absolute Gasteiger partial charge is 0.142 e. The molecule has 0 aromatic heterocycles. The summed E-state index contributed by atoms with van der Waals surface area (Å²) in [5.74, 6) is 0. The molecule has 1 aromatic rings. The van der Waals surface area contributed by atoms with Crippen molar-refractivity contribution in [2.75, 3.05) is 0 Å². The summed E-state index contributed by atoms with van der Waals surface area (Å²) in [5.41, 5.74) is 1.76. The maximum atomic E-state index is 2.85. The minimum atomic E-state index is -1.36. The lowest BCUT2D eigenvalue weighted by Gasteiger charge is -2.56. The van der Waals surface area contributed by atoms with Crippen LogP contribution in [0.5, 0.6) is 0 Å². The molecule has 0 N–H and O–H groups in total. The number of allylic oxidation sites excluding steroid dienone is 2. The summed E-state index contributed by atoms with van der Waals surface area (Å²) in [4.78, 5) is 0. The molecule has 144 valence electrons. The van der Waals surface area contributed by atoms with Crippen molar-refractivity contribution in [3.63, 3.8) is 0 Å². The van der Waals surface area contributed by atoms with Gasteiger partial charge in [0, 0.05) is 5.54 Å². The molecular formula is C24H39NSi. The average molecular weight is 370 g/mol. The van der Waals surface area contributed by atoms with Crippen LogP contribution in [0, 0.1) is 10.8 Å². The molecular weight excluding hydrogens is 330 g/mol. The van der Waals surface area contributed by atoms with Crippen LogP contribution in [0.15, 0.2) is 54.1 Å². The molecule has 0 spiro atoms. The fourth-order valence-electron chi connectivity index (χ4n) is 4.33. The molecule has 2 atom stereocenters. The van der Waals surface area contributed by atoms with Crippen molar-refractivity contribution in [3.8, 4) is 0 Å². The monoisotopic (exact) mass is 369 g/mol. The van der Waals surface area contributed by atoms with Crippen molar-refractivity contribution in [1.82, 2.24) is 4.57 Å². The van der Waals surface area contributed by atoms with Crippen LogP contribution in [0.2, 0.25) is 6.55 Å². The summed E-state index contributed by atoms with van der Waals surface area (Å²) < 4.78 is 2.85. The highest BCUT2D eigenvalue weighted by atomic mass is 28.3. The minimum absolute atomic E-state index is 0.0602. The molecule has 0 saturated carbocycles. The van der Waals surface area contributed by atoms with Crippen LogP contribution in [0.4, 0.5) is 0 Å². The number of benzene rings is 1. The van der Waals surface area contributed by atoms with E-state index in [4.69, 9.17) is 0 Å². The van der Waals surface area contributed by atoms with Crippen LogP contribution < -0.4 is 5.19 Å². The highest BCUT2D eigenvalue weighted by Crippen LogP contribution is 2.48. The van der Waals surface area contributed by atoms with Crippen molar-refractivity contribution in [1.29, 1.82) is 0 Å². The van der Waals surface area contributed by atoms with Crippen molar-refractivity contribution in [2.45, 2.75) is 79.9 Å². The highest BCUT2D eigenvalue weighted by molar-refractivity contribution is 6.69. The molecule has 1 nitrogen and oxygen atoms in total.